The van der Waals surface area contributed by atoms with Gasteiger partial charge in [-0.1, -0.05) is 13.8 Å². The predicted molar refractivity (Wildman–Crippen MR) is 34.8 cm³/mol. The molecule has 0 fully saturated rings. The van der Waals surface area contributed by atoms with Crippen LogP contribution in [0.1, 0.15) is 11.1 Å². The first-order valence-corrected chi connectivity index (χ1v) is 2.74. The molecule has 0 aliphatic rings. The molecule has 9 heavy (non-hydrogen) atoms. The van der Waals surface area contributed by atoms with Gasteiger partial charge < -0.3 is 0 Å². The van der Waals surface area contributed by atoms with Crippen molar-refractivity contribution < 1.29 is 58.2 Å². The van der Waals surface area contributed by atoms with Gasteiger partial charge in [-0.3, -0.25) is 0 Å². The van der Waals surface area contributed by atoms with Crippen LogP contribution in [0.4, 0.5) is 0 Å². The Morgan fingerprint density at radius 3 is 2.33 bits per heavy atom. The maximum absolute atomic E-state index is 3.10. The first kappa shape index (κ1) is 10.0. The normalized spacial score (nSPS) is 8.22. The fraction of sp³-hybridized carbons (Fsp3) is 0.250. The molecule has 42 valence electrons. The molecule has 0 N–H and O–H groups in total. The second-order valence-corrected chi connectivity index (χ2v) is 1.98. The molecule has 0 saturated carbocycles. The first-order valence-electron chi connectivity index (χ1n) is 2.74. The van der Waals surface area contributed by atoms with E-state index in [2.05, 4.69) is 26.0 Å². The van der Waals surface area contributed by atoms with Gasteiger partial charge in [-0.15, -0.1) is 0 Å². The van der Waals surface area contributed by atoms with Crippen LogP contribution < -0.4 is 58.2 Å². The third kappa shape index (κ3) is 3.08. The molecular weight excluding hydrogens is 182 g/mol. The predicted octanol–water partition coefficient (Wildman–Crippen LogP) is -0.892. The summed E-state index contributed by atoms with van der Waals surface area (Å²) in [6, 6.07) is 9.12. The zero-order valence-electron chi connectivity index (χ0n) is 6.23. The summed E-state index contributed by atoms with van der Waals surface area (Å²) < 4.78 is 0. The Morgan fingerprint density at radius 2 is 2.00 bits per heavy atom. The summed E-state index contributed by atoms with van der Waals surface area (Å²) in [5.41, 5.74) is 2.56. The molecule has 0 unspecified atom stereocenters. The van der Waals surface area contributed by atoms with E-state index in [1.165, 1.54) is 11.1 Å². The van der Waals surface area contributed by atoms with E-state index in [-0.39, 0.29) is 58.2 Å². The minimum absolute atomic E-state index is 0. The van der Waals surface area contributed by atoms with Gasteiger partial charge in [0.15, 0.2) is 0 Å². The van der Waals surface area contributed by atoms with E-state index in [0.29, 0.717) is 0 Å². The van der Waals surface area contributed by atoms with Crippen molar-refractivity contribution in [1.29, 1.82) is 0 Å². The molecule has 0 aromatic heterocycles. The van der Waals surface area contributed by atoms with Gasteiger partial charge >= 0.3 is 58.2 Å². The summed E-state index contributed by atoms with van der Waals surface area (Å²) in [6.45, 7) is 4.15. The van der Waals surface area contributed by atoms with Crippen LogP contribution in [0.5, 0.6) is 0 Å². The van der Waals surface area contributed by atoms with Gasteiger partial charge in [0.25, 0.3) is 0 Å². The average Bonchev–Trinajstić information content (AvgIpc) is 1.77. The number of hydrogen-bond donors (Lipinski definition) is 0. The van der Waals surface area contributed by atoms with Crippen molar-refractivity contribution in [3.05, 3.63) is 35.4 Å². The van der Waals surface area contributed by atoms with Crippen LogP contribution in [0.25, 0.3) is 0 Å². The molecule has 1 aromatic rings. The molecule has 0 spiro atoms. The minimum atomic E-state index is 0. The Kier molecular flexibility index (Phi) is 5.33. The molecule has 1 heteroatoms. The number of aryl methyl sites for hydroxylation is 2. The van der Waals surface area contributed by atoms with Crippen molar-refractivity contribution in [1.82, 2.24) is 0 Å². The van der Waals surface area contributed by atoms with Crippen LogP contribution >= 0.6 is 0 Å². The van der Waals surface area contributed by atoms with Crippen LogP contribution in [-0.2, 0) is 0 Å². The van der Waals surface area contributed by atoms with E-state index in [4.69, 9.17) is 0 Å². The minimum Gasteiger partial charge on any atom is -0.180 e. The van der Waals surface area contributed by atoms with Gasteiger partial charge in [-0.2, -0.15) is 35.4 Å². The van der Waals surface area contributed by atoms with Crippen LogP contribution in [0, 0.1) is 19.9 Å². The summed E-state index contributed by atoms with van der Waals surface area (Å²) in [5, 5.41) is 0. The maximum atomic E-state index is 3.10. The molecular formula is C8H9Rb. The molecule has 1 aromatic carbocycles. The zero-order valence-corrected chi connectivity index (χ0v) is 11.1. The Labute approximate surface area is 105 Å². The summed E-state index contributed by atoms with van der Waals surface area (Å²) >= 11 is 0. The van der Waals surface area contributed by atoms with E-state index >= 15 is 0 Å². The van der Waals surface area contributed by atoms with Crippen molar-refractivity contribution in [2.45, 2.75) is 13.8 Å². The first-order chi connectivity index (χ1) is 3.80. The third-order valence-corrected chi connectivity index (χ3v) is 1.33. The monoisotopic (exact) mass is 190 g/mol. The van der Waals surface area contributed by atoms with Gasteiger partial charge in [-0.05, 0) is 0 Å². The van der Waals surface area contributed by atoms with Gasteiger partial charge in [0, 0.05) is 0 Å². The maximum Gasteiger partial charge on any atom is 1.00 e. The fourth-order valence-corrected chi connectivity index (χ4v) is 0.604. The van der Waals surface area contributed by atoms with Gasteiger partial charge in [-0.25, -0.2) is 0 Å². The second kappa shape index (κ2) is 4.78. The zero-order chi connectivity index (χ0) is 5.98. The smallest absolute Gasteiger partial charge is 0.180 e. The topological polar surface area (TPSA) is 0 Å². The van der Waals surface area contributed by atoms with E-state index < -0.39 is 0 Å². The van der Waals surface area contributed by atoms with Crippen molar-refractivity contribution in [3.63, 3.8) is 0 Å². The third-order valence-electron chi connectivity index (χ3n) is 1.33. The molecule has 0 bridgehead atoms. The molecule has 0 aliphatic carbocycles. The summed E-state index contributed by atoms with van der Waals surface area (Å²) in [7, 11) is 0. The summed E-state index contributed by atoms with van der Waals surface area (Å²) in [4.78, 5) is 0. The molecule has 0 heterocycles. The molecule has 1 rings (SSSR count). The molecule has 0 amide bonds. The van der Waals surface area contributed by atoms with Crippen LogP contribution in [-0.4, -0.2) is 0 Å². The van der Waals surface area contributed by atoms with E-state index in [1.807, 2.05) is 12.1 Å². The Bertz CT molecular complexity index is 161. The Hall–Kier alpha value is 1.03. The van der Waals surface area contributed by atoms with Crippen LogP contribution in [0.15, 0.2) is 18.2 Å². The van der Waals surface area contributed by atoms with Crippen molar-refractivity contribution in [2.75, 3.05) is 0 Å². The van der Waals surface area contributed by atoms with Crippen molar-refractivity contribution in [3.8, 4) is 0 Å². The number of rotatable bonds is 0. The largest absolute Gasteiger partial charge is 1.00 e. The molecule has 0 nitrogen and oxygen atoms in total. The van der Waals surface area contributed by atoms with Gasteiger partial charge in [0.1, 0.15) is 0 Å². The fourth-order valence-electron chi connectivity index (χ4n) is 0.604. The van der Waals surface area contributed by atoms with Gasteiger partial charge in [0.05, 0.1) is 0 Å². The van der Waals surface area contributed by atoms with E-state index in [9.17, 15) is 0 Å². The summed E-state index contributed by atoms with van der Waals surface area (Å²) in [6.07, 6.45) is 0. The van der Waals surface area contributed by atoms with Crippen LogP contribution in [0.3, 0.4) is 0 Å². The van der Waals surface area contributed by atoms with E-state index in [1.54, 1.807) is 0 Å². The van der Waals surface area contributed by atoms with Gasteiger partial charge in [0.2, 0.25) is 0 Å². The Balaban J connectivity index is 0.000000640. The Morgan fingerprint density at radius 1 is 1.33 bits per heavy atom. The molecule has 0 radical (unpaired) electrons. The standard InChI is InChI=1S/C8H9.Rb/c1-7-5-3-4-6-8(7)2;/h3-5H,1-2H3;/q-1;+1. The second-order valence-electron chi connectivity index (χ2n) is 1.98. The quantitative estimate of drug-likeness (QED) is 0.466. The number of benzene rings is 1. The number of hydrogen-bond acceptors (Lipinski definition) is 0. The SMILES string of the molecule is Cc1[c-]cccc1C.[Rb+]. The van der Waals surface area contributed by atoms with Crippen molar-refractivity contribution in [2.24, 2.45) is 0 Å². The average molecular weight is 191 g/mol. The summed E-state index contributed by atoms with van der Waals surface area (Å²) in [5.74, 6) is 0. The molecule has 0 aliphatic heterocycles. The van der Waals surface area contributed by atoms with Crippen LogP contribution in [0.2, 0.25) is 0 Å². The molecule has 0 saturated heterocycles. The van der Waals surface area contributed by atoms with Crippen molar-refractivity contribution >= 4 is 0 Å². The van der Waals surface area contributed by atoms with E-state index in [0.717, 1.165) is 0 Å². The molecule has 0 atom stereocenters.